The molecule has 1 aliphatic carbocycles. The number of aryl methyl sites for hydroxylation is 14. The van der Waals surface area contributed by atoms with Gasteiger partial charge < -0.3 is 28.4 Å². The van der Waals surface area contributed by atoms with Crippen LogP contribution in [0.2, 0.25) is 0 Å². The zero-order valence-electron chi connectivity index (χ0n) is 47.1. The maximum Gasteiger partial charge on any atom is 0.208 e. The molecule has 0 spiro atoms. The smallest absolute Gasteiger partial charge is 0.208 e. The highest BCUT2D eigenvalue weighted by atomic mass is 19.2. The molecule has 0 saturated carbocycles. The number of ether oxygens (including phenoxy) is 6. The Hall–Kier alpha value is -7.74. The van der Waals surface area contributed by atoms with Gasteiger partial charge in [-0.15, -0.1) is 0 Å². The summed E-state index contributed by atoms with van der Waals surface area (Å²) in [6, 6.07) is 21.5. The van der Waals surface area contributed by atoms with Crippen molar-refractivity contribution in [2.45, 2.75) is 128 Å². The fourth-order valence-electron chi connectivity index (χ4n) is 10.4. The molecule has 2 unspecified atom stereocenters. The van der Waals surface area contributed by atoms with Crippen LogP contribution in [0.15, 0.2) is 96.0 Å². The molecule has 79 heavy (non-hydrogen) atoms. The SMILES string of the molecule is Cc1cc(C)c(OC2=C(F)C(F)C(Oc3c(C)cc(Oc4c(C)cc(C(C)(C)c5cc(C)c(Oc6cc(C)c(Oc7c(F)c(F)c(Oc8c(C)cc(C)cc8C)c(F)c7F)c(C)c6)c(C)c5)cc4C)cc3C)C(F)=C2F)c(C)c1. The maximum absolute atomic E-state index is 15.7. The van der Waals surface area contributed by atoms with E-state index in [2.05, 4.69) is 13.8 Å². The predicted molar refractivity (Wildman–Crippen MR) is 291 cm³/mol. The lowest BCUT2D eigenvalue weighted by molar-refractivity contribution is 0.0967. The van der Waals surface area contributed by atoms with Gasteiger partial charge in [-0.2, -0.15) is 22.0 Å². The average Bonchev–Trinajstić information content (AvgIpc) is 3.35. The van der Waals surface area contributed by atoms with Crippen LogP contribution in [0.25, 0.3) is 0 Å². The van der Waals surface area contributed by atoms with Gasteiger partial charge in [-0.25, -0.2) is 13.2 Å². The third-order valence-corrected chi connectivity index (χ3v) is 14.3. The molecule has 0 amide bonds. The normalized spacial score (nSPS) is 14.7. The second-order valence-electron chi connectivity index (χ2n) is 21.4. The molecule has 7 aromatic carbocycles. The highest BCUT2D eigenvalue weighted by Gasteiger charge is 2.44. The minimum Gasteiger partial charge on any atom is -0.479 e. The highest BCUT2D eigenvalue weighted by molar-refractivity contribution is 5.57. The van der Waals surface area contributed by atoms with Gasteiger partial charge in [0.15, 0.2) is 23.9 Å². The molecule has 1 aliphatic rings. The number of allylic oxidation sites excluding steroid dienone is 1. The summed E-state index contributed by atoms with van der Waals surface area (Å²) in [4.78, 5) is 0. The summed E-state index contributed by atoms with van der Waals surface area (Å²) < 4.78 is 160. The molecule has 0 bridgehead atoms. The average molecular weight is 1090 g/mol. The number of hydrogen-bond donors (Lipinski definition) is 0. The van der Waals surface area contributed by atoms with Crippen molar-refractivity contribution >= 4 is 0 Å². The van der Waals surface area contributed by atoms with Crippen molar-refractivity contribution in [3.05, 3.63) is 208 Å². The molecule has 0 heterocycles. The van der Waals surface area contributed by atoms with Crippen LogP contribution in [0.1, 0.15) is 103 Å². The van der Waals surface area contributed by atoms with Crippen molar-refractivity contribution < 1.29 is 63.5 Å². The largest absolute Gasteiger partial charge is 0.479 e. The first kappa shape index (κ1) is 57.4. The number of benzene rings is 7. The summed E-state index contributed by atoms with van der Waals surface area (Å²) in [5.41, 5.74) is 10.2. The third-order valence-electron chi connectivity index (χ3n) is 14.3. The summed E-state index contributed by atoms with van der Waals surface area (Å²) in [5.74, 6) is -13.4. The number of alkyl halides is 1. The Morgan fingerprint density at radius 2 is 0.608 bits per heavy atom. The van der Waals surface area contributed by atoms with E-state index in [-0.39, 0.29) is 23.0 Å². The van der Waals surface area contributed by atoms with E-state index >= 15 is 35.1 Å². The van der Waals surface area contributed by atoms with E-state index in [9.17, 15) is 0 Å². The fourth-order valence-corrected chi connectivity index (χ4v) is 10.4. The molecule has 0 fully saturated rings. The molecular weight excluding hydrogens is 1030 g/mol. The Morgan fingerprint density at radius 3 is 0.949 bits per heavy atom. The molecule has 0 saturated heterocycles. The monoisotopic (exact) mass is 1090 g/mol. The first-order valence-corrected chi connectivity index (χ1v) is 25.6. The predicted octanol–water partition coefficient (Wildman–Crippen LogP) is 19.6. The van der Waals surface area contributed by atoms with Crippen LogP contribution in [-0.4, -0.2) is 12.3 Å². The van der Waals surface area contributed by atoms with E-state index in [4.69, 9.17) is 28.4 Å². The zero-order valence-corrected chi connectivity index (χ0v) is 47.1. The van der Waals surface area contributed by atoms with Crippen LogP contribution < -0.4 is 28.4 Å². The summed E-state index contributed by atoms with van der Waals surface area (Å²) in [6.07, 6.45) is -4.95. The van der Waals surface area contributed by atoms with Gasteiger partial charge in [-0.3, -0.25) is 0 Å². The molecule has 14 heteroatoms. The minimum atomic E-state index is -2.70. The van der Waals surface area contributed by atoms with Crippen molar-refractivity contribution in [2.24, 2.45) is 0 Å². The van der Waals surface area contributed by atoms with Crippen LogP contribution in [-0.2, 0) is 5.41 Å². The molecule has 0 radical (unpaired) electrons. The van der Waals surface area contributed by atoms with Crippen LogP contribution in [0, 0.1) is 120 Å². The quantitative estimate of drug-likeness (QED) is 0.0799. The Labute approximate surface area is 456 Å². The molecular formula is C65H62F8O6. The fraction of sp³-hybridized carbons (Fsp3) is 0.292. The van der Waals surface area contributed by atoms with Gasteiger partial charge in [0, 0.05) is 5.41 Å². The number of halogens is 8. The lowest BCUT2D eigenvalue weighted by Gasteiger charge is -2.29. The van der Waals surface area contributed by atoms with Gasteiger partial charge in [0.05, 0.1) is 0 Å². The van der Waals surface area contributed by atoms with E-state index < -0.39 is 75.7 Å². The summed E-state index contributed by atoms with van der Waals surface area (Å²) in [7, 11) is 0. The van der Waals surface area contributed by atoms with E-state index in [1.165, 1.54) is 0 Å². The van der Waals surface area contributed by atoms with Gasteiger partial charge in [0.2, 0.25) is 46.4 Å². The van der Waals surface area contributed by atoms with Crippen LogP contribution >= 0.6 is 0 Å². The van der Waals surface area contributed by atoms with Crippen LogP contribution in [0.4, 0.5) is 35.1 Å². The van der Waals surface area contributed by atoms with Crippen molar-refractivity contribution in [1.82, 2.24) is 0 Å². The molecule has 0 aromatic heterocycles. The number of rotatable bonds is 14. The second kappa shape index (κ2) is 21.8. The van der Waals surface area contributed by atoms with Gasteiger partial charge in [0.25, 0.3) is 0 Å². The Morgan fingerprint density at radius 1 is 0.329 bits per heavy atom. The molecule has 6 nitrogen and oxygen atoms in total. The first-order chi connectivity index (χ1) is 37.0. The lowest BCUT2D eigenvalue weighted by atomic mass is 9.76. The van der Waals surface area contributed by atoms with E-state index in [0.717, 1.165) is 44.5 Å². The van der Waals surface area contributed by atoms with E-state index in [1.54, 1.807) is 104 Å². The van der Waals surface area contributed by atoms with Crippen LogP contribution in [0.3, 0.4) is 0 Å². The van der Waals surface area contributed by atoms with Gasteiger partial charge >= 0.3 is 0 Å². The molecule has 0 aliphatic heterocycles. The lowest BCUT2D eigenvalue weighted by Crippen LogP contribution is -2.35. The zero-order chi connectivity index (χ0) is 58.0. The van der Waals surface area contributed by atoms with E-state index in [1.807, 2.05) is 65.8 Å². The Balaban J connectivity index is 0.968. The molecule has 7 aromatic rings. The topological polar surface area (TPSA) is 55.4 Å². The molecule has 2 atom stereocenters. The molecule has 414 valence electrons. The Kier molecular flexibility index (Phi) is 15.9. The van der Waals surface area contributed by atoms with Crippen LogP contribution in [0.5, 0.6) is 57.5 Å². The van der Waals surface area contributed by atoms with E-state index in [0.29, 0.717) is 67.5 Å². The van der Waals surface area contributed by atoms with Crippen molar-refractivity contribution in [3.8, 4) is 57.5 Å². The van der Waals surface area contributed by atoms with Crippen molar-refractivity contribution in [1.29, 1.82) is 0 Å². The highest BCUT2D eigenvalue weighted by Crippen LogP contribution is 2.46. The summed E-state index contributed by atoms with van der Waals surface area (Å²) >= 11 is 0. The van der Waals surface area contributed by atoms with Crippen molar-refractivity contribution in [2.75, 3.05) is 0 Å². The number of hydrogen-bond acceptors (Lipinski definition) is 6. The molecule has 0 N–H and O–H groups in total. The third kappa shape index (κ3) is 11.0. The minimum absolute atomic E-state index is 0.0213. The first-order valence-electron chi connectivity index (χ1n) is 25.6. The maximum atomic E-state index is 15.7. The summed E-state index contributed by atoms with van der Waals surface area (Å²) in [6.45, 7) is 28.7. The summed E-state index contributed by atoms with van der Waals surface area (Å²) in [5, 5.41) is 0. The van der Waals surface area contributed by atoms with Gasteiger partial charge in [-0.1, -0.05) is 73.5 Å². The second-order valence-corrected chi connectivity index (χ2v) is 21.4. The van der Waals surface area contributed by atoms with Gasteiger partial charge in [-0.05, 0) is 199 Å². The van der Waals surface area contributed by atoms with Gasteiger partial charge in [0.1, 0.15) is 46.0 Å². The molecule has 8 rings (SSSR count). The van der Waals surface area contributed by atoms with Crippen molar-refractivity contribution in [3.63, 3.8) is 0 Å². The Bertz CT molecular complexity index is 3540. The standard InChI is InChI=1S/C65H62F8O6/c1-29-17-31(3)57(32(4)18-29)76-61-47(66)51(70)63(52(71)48(61)67)78-59-39(11)25-45(26-40(59)12)74-55-35(7)21-43(22-36(55)8)65(15,16)44-23-37(9)56(38(10)24-44)75-46-27-41(13)60(42(14)28-46)79-64-53(72)49(68)62(50(69)54(64)73)77-58-33(5)19-30(2)20-34(58)6/h17-28,51,63H,1-16H3.